The van der Waals surface area contributed by atoms with Crippen LogP contribution in [0.4, 0.5) is 8.78 Å². The maximum absolute atomic E-state index is 13.2. The number of halogens is 2. The van der Waals surface area contributed by atoms with Crippen LogP contribution in [-0.2, 0) is 4.74 Å². The second-order valence-electron chi connectivity index (χ2n) is 3.87. The van der Waals surface area contributed by atoms with Crippen molar-refractivity contribution in [3.8, 4) is 10.6 Å². The maximum atomic E-state index is 13.2. The lowest BCUT2D eigenvalue weighted by Crippen LogP contribution is -2.06. The molecule has 0 atom stereocenters. The molecular formula is C13H9F2NO3S. The van der Waals surface area contributed by atoms with E-state index in [0.717, 1.165) is 23.5 Å². The Morgan fingerprint density at radius 2 is 1.95 bits per heavy atom. The van der Waals surface area contributed by atoms with Gasteiger partial charge in [0.05, 0.1) is 7.11 Å². The van der Waals surface area contributed by atoms with Gasteiger partial charge in [-0.25, -0.2) is 18.6 Å². The highest BCUT2D eigenvalue weighted by molar-refractivity contribution is 7.17. The molecule has 2 rings (SSSR count). The zero-order valence-corrected chi connectivity index (χ0v) is 11.4. The first kappa shape index (κ1) is 14.3. The molecule has 1 aromatic heterocycles. The number of nitrogens with zero attached hydrogens (tertiary/aromatic N) is 1. The summed E-state index contributed by atoms with van der Waals surface area (Å²) in [7, 11) is 1.17. The molecule has 104 valence electrons. The molecule has 0 N–H and O–H groups in total. The van der Waals surface area contributed by atoms with Crippen molar-refractivity contribution in [1.82, 2.24) is 4.98 Å². The molecular weight excluding hydrogens is 288 g/mol. The smallest absolute Gasteiger partial charge is 0.358 e. The molecule has 0 amide bonds. The van der Waals surface area contributed by atoms with Gasteiger partial charge < -0.3 is 4.74 Å². The van der Waals surface area contributed by atoms with E-state index in [-0.39, 0.29) is 26.9 Å². The first-order valence-corrected chi connectivity index (χ1v) is 6.31. The molecule has 20 heavy (non-hydrogen) atoms. The second-order valence-corrected chi connectivity index (χ2v) is 4.87. The van der Waals surface area contributed by atoms with Gasteiger partial charge in [-0.3, -0.25) is 4.79 Å². The predicted octanol–water partition coefficient (Wildman–Crippen LogP) is 3.08. The van der Waals surface area contributed by atoms with E-state index in [1.165, 1.54) is 20.1 Å². The Balaban J connectivity index is 2.55. The van der Waals surface area contributed by atoms with Crippen molar-refractivity contribution < 1.29 is 23.1 Å². The lowest BCUT2D eigenvalue weighted by Gasteiger charge is -1.97. The molecule has 2 aromatic rings. The number of methoxy groups -OCH3 is 1. The van der Waals surface area contributed by atoms with Gasteiger partial charge in [0.15, 0.2) is 23.1 Å². The minimum absolute atomic E-state index is 0.121. The molecule has 0 unspecified atom stereocenters. The Kier molecular flexibility index (Phi) is 3.89. The van der Waals surface area contributed by atoms with Crippen LogP contribution in [0.25, 0.3) is 10.6 Å². The summed E-state index contributed by atoms with van der Waals surface area (Å²) in [5.41, 5.74) is 0.163. The number of ether oxygens (including phenoxy) is 1. The van der Waals surface area contributed by atoms with Crippen molar-refractivity contribution in [3.63, 3.8) is 0 Å². The summed E-state index contributed by atoms with van der Waals surface area (Å²) in [6, 6.07) is 3.23. The first-order valence-electron chi connectivity index (χ1n) is 5.49. The zero-order chi connectivity index (χ0) is 14.9. The highest BCUT2D eigenvalue weighted by atomic mass is 32.1. The molecule has 0 aliphatic carbocycles. The van der Waals surface area contributed by atoms with Crippen molar-refractivity contribution >= 4 is 23.1 Å². The average molecular weight is 297 g/mol. The minimum atomic E-state index is -1.03. The molecule has 0 bridgehead atoms. The number of aromatic nitrogens is 1. The van der Waals surface area contributed by atoms with Crippen LogP contribution in [0.2, 0.25) is 0 Å². The summed E-state index contributed by atoms with van der Waals surface area (Å²) in [6.45, 7) is 1.29. The molecule has 0 radical (unpaired) electrons. The summed E-state index contributed by atoms with van der Waals surface area (Å²) in [5, 5.41) is 0.245. The SMILES string of the molecule is COC(=O)c1nc(-c2ccc(F)c(F)c2)sc1C(C)=O. The van der Waals surface area contributed by atoms with Crippen molar-refractivity contribution in [2.45, 2.75) is 6.92 Å². The van der Waals surface area contributed by atoms with Crippen molar-refractivity contribution in [3.05, 3.63) is 40.4 Å². The number of thiazole rings is 1. The first-order chi connectivity index (χ1) is 9.43. The van der Waals surface area contributed by atoms with E-state index in [9.17, 15) is 18.4 Å². The summed E-state index contributed by atoms with van der Waals surface area (Å²) < 4.78 is 30.6. The molecule has 0 spiro atoms. The number of carbonyl (C=O) groups is 2. The number of rotatable bonds is 3. The predicted molar refractivity (Wildman–Crippen MR) is 68.8 cm³/mol. The quantitative estimate of drug-likeness (QED) is 0.645. The molecule has 0 fully saturated rings. The molecule has 0 aliphatic heterocycles. The average Bonchev–Trinajstić information content (AvgIpc) is 2.86. The van der Waals surface area contributed by atoms with Gasteiger partial charge in [-0.2, -0.15) is 0 Å². The van der Waals surface area contributed by atoms with E-state index in [1.54, 1.807) is 0 Å². The number of hydrogen-bond acceptors (Lipinski definition) is 5. The van der Waals surface area contributed by atoms with Crippen molar-refractivity contribution in [1.29, 1.82) is 0 Å². The third kappa shape index (κ3) is 2.57. The van der Waals surface area contributed by atoms with Crippen LogP contribution < -0.4 is 0 Å². The lowest BCUT2D eigenvalue weighted by molar-refractivity contribution is 0.0591. The fraction of sp³-hybridized carbons (Fsp3) is 0.154. The van der Waals surface area contributed by atoms with E-state index < -0.39 is 17.6 Å². The standard InChI is InChI=1S/C13H9F2NO3S/c1-6(17)11-10(13(18)19-2)16-12(20-11)7-3-4-8(14)9(15)5-7/h3-5H,1-2H3. The van der Waals surface area contributed by atoms with Crippen LogP contribution in [-0.4, -0.2) is 23.8 Å². The number of esters is 1. The maximum Gasteiger partial charge on any atom is 0.358 e. The Morgan fingerprint density at radius 3 is 2.50 bits per heavy atom. The third-order valence-corrected chi connectivity index (χ3v) is 3.70. The highest BCUT2D eigenvalue weighted by Gasteiger charge is 2.22. The number of carbonyl (C=O) groups excluding carboxylic acids is 2. The highest BCUT2D eigenvalue weighted by Crippen LogP contribution is 2.29. The third-order valence-electron chi connectivity index (χ3n) is 2.49. The van der Waals surface area contributed by atoms with Crippen LogP contribution in [0, 0.1) is 11.6 Å². The van der Waals surface area contributed by atoms with E-state index in [4.69, 9.17) is 0 Å². The summed E-state index contributed by atoms with van der Waals surface area (Å²) in [4.78, 5) is 27.1. The summed E-state index contributed by atoms with van der Waals surface area (Å²) in [5.74, 6) is -3.11. The van der Waals surface area contributed by atoms with E-state index in [0.29, 0.717) is 0 Å². The van der Waals surface area contributed by atoms with Gasteiger partial charge in [0.25, 0.3) is 0 Å². The number of Topliss-reactive ketones (excluding diaryl/α,β-unsaturated/α-hetero) is 1. The lowest BCUT2D eigenvalue weighted by atomic mass is 10.2. The van der Waals surface area contributed by atoms with Crippen LogP contribution in [0.15, 0.2) is 18.2 Å². The fourth-order valence-corrected chi connectivity index (χ4v) is 2.49. The Labute approximate surface area is 117 Å². The Morgan fingerprint density at radius 1 is 1.25 bits per heavy atom. The van der Waals surface area contributed by atoms with E-state index >= 15 is 0 Å². The van der Waals surface area contributed by atoms with Crippen LogP contribution in [0.1, 0.15) is 27.1 Å². The Bertz CT molecular complexity index is 697. The summed E-state index contributed by atoms with van der Waals surface area (Å²) >= 11 is 0.928. The molecule has 0 aliphatic rings. The minimum Gasteiger partial charge on any atom is -0.464 e. The molecule has 7 heteroatoms. The Hall–Kier alpha value is -2.15. The van der Waals surface area contributed by atoms with E-state index in [1.807, 2.05) is 0 Å². The van der Waals surface area contributed by atoms with Crippen LogP contribution in [0.5, 0.6) is 0 Å². The van der Waals surface area contributed by atoms with Crippen LogP contribution in [0.3, 0.4) is 0 Å². The molecule has 1 aromatic carbocycles. The molecule has 0 saturated carbocycles. The summed E-state index contributed by atoms with van der Waals surface area (Å²) in [6.07, 6.45) is 0. The van der Waals surface area contributed by atoms with Gasteiger partial charge in [-0.05, 0) is 18.2 Å². The monoisotopic (exact) mass is 297 g/mol. The molecule has 4 nitrogen and oxygen atoms in total. The number of benzene rings is 1. The van der Waals surface area contributed by atoms with Gasteiger partial charge in [0, 0.05) is 12.5 Å². The zero-order valence-electron chi connectivity index (χ0n) is 10.6. The topological polar surface area (TPSA) is 56.3 Å². The number of ketones is 1. The van der Waals surface area contributed by atoms with Crippen LogP contribution >= 0.6 is 11.3 Å². The van der Waals surface area contributed by atoms with Gasteiger partial charge >= 0.3 is 5.97 Å². The van der Waals surface area contributed by atoms with Gasteiger partial charge in [-0.1, -0.05) is 0 Å². The fourth-order valence-electron chi connectivity index (χ4n) is 1.55. The van der Waals surface area contributed by atoms with Gasteiger partial charge in [0.2, 0.25) is 0 Å². The molecule has 0 saturated heterocycles. The van der Waals surface area contributed by atoms with Gasteiger partial charge in [-0.15, -0.1) is 11.3 Å². The van der Waals surface area contributed by atoms with E-state index in [2.05, 4.69) is 9.72 Å². The largest absolute Gasteiger partial charge is 0.464 e. The van der Waals surface area contributed by atoms with Gasteiger partial charge in [0.1, 0.15) is 9.88 Å². The van der Waals surface area contributed by atoms with Crippen molar-refractivity contribution in [2.24, 2.45) is 0 Å². The number of hydrogen-bond donors (Lipinski definition) is 0. The van der Waals surface area contributed by atoms with Crippen molar-refractivity contribution in [2.75, 3.05) is 7.11 Å². The molecule has 1 heterocycles. The normalized spacial score (nSPS) is 10.4. The second kappa shape index (κ2) is 5.46.